The number of aliphatic hydroxyl groups excluding tert-OH is 1. The summed E-state index contributed by atoms with van der Waals surface area (Å²) in [6.45, 7) is 5.72. The Bertz CT molecular complexity index is 86.2. The molecule has 0 aliphatic heterocycles. The van der Waals surface area contributed by atoms with E-state index in [9.17, 15) is 0 Å². The molecule has 0 heterocycles. The van der Waals surface area contributed by atoms with Crippen molar-refractivity contribution >= 4 is 0 Å². The Morgan fingerprint density at radius 2 is 1.69 bits per heavy atom. The molecule has 13 heavy (non-hydrogen) atoms. The van der Waals surface area contributed by atoms with Crippen LogP contribution in [0.5, 0.6) is 0 Å². The predicted octanol–water partition coefficient (Wildman–Crippen LogP) is 1.94. The molecule has 0 aliphatic rings. The van der Waals surface area contributed by atoms with Crippen molar-refractivity contribution in [1.29, 1.82) is 0 Å². The fraction of sp³-hybridized carbons (Fsp3) is 1.00. The topological polar surface area (TPSA) is 38.7 Å². The first-order valence-corrected chi connectivity index (χ1v) is 5.19. The van der Waals surface area contributed by atoms with Gasteiger partial charge in [0.1, 0.15) is 0 Å². The van der Waals surface area contributed by atoms with Gasteiger partial charge in [0.15, 0.2) is 6.29 Å². The minimum atomic E-state index is -0.0851. The van der Waals surface area contributed by atoms with Gasteiger partial charge < -0.3 is 14.6 Å². The summed E-state index contributed by atoms with van der Waals surface area (Å²) in [5, 5.41) is 8.55. The van der Waals surface area contributed by atoms with Crippen LogP contribution in [0.2, 0.25) is 0 Å². The van der Waals surface area contributed by atoms with Gasteiger partial charge in [-0.3, -0.25) is 0 Å². The molecule has 0 aromatic carbocycles. The maximum absolute atomic E-state index is 8.55. The standard InChI is InChI=1S/C10H22O3/c1-3-5-8-12-10(4-2)13-9-6-7-11/h10-11H,3-9H2,1-2H3. The molecule has 1 N–H and O–H groups in total. The van der Waals surface area contributed by atoms with Crippen LogP contribution in [0.3, 0.4) is 0 Å². The van der Waals surface area contributed by atoms with E-state index in [4.69, 9.17) is 14.6 Å². The highest BCUT2D eigenvalue weighted by Gasteiger charge is 2.04. The van der Waals surface area contributed by atoms with Crippen LogP contribution in [0.4, 0.5) is 0 Å². The summed E-state index contributed by atoms with van der Waals surface area (Å²) in [6.07, 6.45) is 3.70. The van der Waals surface area contributed by atoms with Crippen LogP contribution in [-0.4, -0.2) is 31.2 Å². The fourth-order valence-electron chi connectivity index (χ4n) is 0.922. The van der Waals surface area contributed by atoms with Crippen molar-refractivity contribution in [3.63, 3.8) is 0 Å². The van der Waals surface area contributed by atoms with E-state index in [0.717, 1.165) is 25.9 Å². The highest BCUT2D eigenvalue weighted by atomic mass is 16.7. The molecule has 80 valence electrons. The van der Waals surface area contributed by atoms with Crippen LogP contribution in [0.15, 0.2) is 0 Å². The molecular formula is C10H22O3. The second-order valence-electron chi connectivity index (χ2n) is 3.01. The molecule has 0 amide bonds. The molecule has 0 aliphatic carbocycles. The molecule has 3 nitrogen and oxygen atoms in total. The summed E-state index contributed by atoms with van der Waals surface area (Å²) in [6, 6.07) is 0. The molecule has 0 radical (unpaired) electrons. The van der Waals surface area contributed by atoms with Crippen molar-refractivity contribution in [3.8, 4) is 0 Å². The van der Waals surface area contributed by atoms with Crippen LogP contribution >= 0.6 is 0 Å². The van der Waals surface area contributed by atoms with Crippen LogP contribution in [-0.2, 0) is 9.47 Å². The third kappa shape index (κ3) is 8.22. The average Bonchev–Trinajstić information content (AvgIpc) is 2.16. The molecule has 0 aromatic rings. The van der Waals surface area contributed by atoms with Crippen molar-refractivity contribution in [3.05, 3.63) is 0 Å². The third-order valence-electron chi connectivity index (χ3n) is 1.74. The van der Waals surface area contributed by atoms with Crippen LogP contribution in [0, 0.1) is 0 Å². The summed E-state index contributed by atoms with van der Waals surface area (Å²) in [5.74, 6) is 0. The molecule has 0 saturated heterocycles. The zero-order valence-corrected chi connectivity index (χ0v) is 8.79. The average molecular weight is 190 g/mol. The quantitative estimate of drug-likeness (QED) is 0.446. The molecule has 0 aromatic heterocycles. The second kappa shape index (κ2) is 9.96. The van der Waals surface area contributed by atoms with Crippen molar-refractivity contribution in [2.24, 2.45) is 0 Å². The van der Waals surface area contributed by atoms with Crippen LogP contribution in [0.1, 0.15) is 39.5 Å². The first-order valence-electron chi connectivity index (χ1n) is 5.19. The predicted molar refractivity (Wildman–Crippen MR) is 52.6 cm³/mol. The maximum atomic E-state index is 8.55. The summed E-state index contributed by atoms with van der Waals surface area (Å²) < 4.78 is 10.9. The van der Waals surface area contributed by atoms with Crippen molar-refractivity contribution < 1.29 is 14.6 Å². The van der Waals surface area contributed by atoms with Gasteiger partial charge in [0, 0.05) is 13.2 Å². The van der Waals surface area contributed by atoms with Crippen LogP contribution < -0.4 is 0 Å². The molecular weight excluding hydrogens is 168 g/mol. The molecule has 1 atom stereocenters. The third-order valence-corrected chi connectivity index (χ3v) is 1.74. The highest BCUT2D eigenvalue weighted by Crippen LogP contribution is 2.02. The van der Waals surface area contributed by atoms with Gasteiger partial charge in [-0.25, -0.2) is 0 Å². The summed E-state index contributed by atoms with van der Waals surface area (Å²) in [7, 11) is 0. The number of hydrogen-bond acceptors (Lipinski definition) is 3. The van der Waals surface area contributed by atoms with E-state index in [0.29, 0.717) is 13.0 Å². The molecule has 0 bridgehead atoms. The number of unbranched alkanes of at least 4 members (excludes halogenated alkanes) is 1. The summed E-state index contributed by atoms with van der Waals surface area (Å²) in [5.41, 5.74) is 0. The van der Waals surface area contributed by atoms with Gasteiger partial charge in [0.2, 0.25) is 0 Å². The van der Waals surface area contributed by atoms with Crippen molar-refractivity contribution in [2.45, 2.75) is 45.8 Å². The first-order chi connectivity index (χ1) is 6.35. The molecule has 0 spiro atoms. The SMILES string of the molecule is CCCCOC(CC)OCCCO. The monoisotopic (exact) mass is 190 g/mol. The Labute approximate surface area is 81.0 Å². The zero-order chi connectivity index (χ0) is 9.94. The Kier molecular flexibility index (Phi) is 9.87. The van der Waals surface area contributed by atoms with E-state index in [2.05, 4.69) is 6.92 Å². The van der Waals surface area contributed by atoms with Gasteiger partial charge in [-0.05, 0) is 19.3 Å². The first kappa shape index (κ1) is 12.9. The molecule has 0 fully saturated rings. The minimum Gasteiger partial charge on any atom is -0.396 e. The molecule has 0 rings (SSSR count). The van der Waals surface area contributed by atoms with Gasteiger partial charge in [-0.2, -0.15) is 0 Å². The normalized spacial score (nSPS) is 13.2. The number of rotatable bonds is 9. The molecule has 0 saturated carbocycles. The van der Waals surface area contributed by atoms with E-state index in [1.54, 1.807) is 0 Å². The van der Waals surface area contributed by atoms with Crippen LogP contribution in [0.25, 0.3) is 0 Å². The largest absolute Gasteiger partial charge is 0.396 e. The molecule has 3 heteroatoms. The van der Waals surface area contributed by atoms with E-state index < -0.39 is 0 Å². The fourth-order valence-corrected chi connectivity index (χ4v) is 0.922. The van der Waals surface area contributed by atoms with Crippen molar-refractivity contribution in [2.75, 3.05) is 19.8 Å². The minimum absolute atomic E-state index is 0.0851. The van der Waals surface area contributed by atoms with Gasteiger partial charge >= 0.3 is 0 Å². The summed E-state index contributed by atoms with van der Waals surface area (Å²) in [4.78, 5) is 0. The zero-order valence-electron chi connectivity index (χ0n) is 8.79. The van der Waals surface area contributed by atoms with Gasteiger partial charge in [0.25, 0.3) is 0 Å². The lowest BCUT2D eigenvalue weighted by Crippen LogP contribution is -2.18. The highest BCUT2D eigenvalue weighted by molar-refractivity contribution is 4.42. The smallest absolute Gasteiger partial charge is 0.157 e. The van der Waals surface area contributed by atoms with E-state index in [-0.39, 0.29) is 12.9 Å². The lowest BCUT2D eigenvalue weighted by molar-refractivity contribution is -0.145. The van der Waals surface area contributed by atoms with E-state index >= 15 is 0 Å². The molecule has 1 unspecified atom stereocenters. The number of aliphatic hydroxyl groups is 1. The maximum Gasteiger partial charge on any atom is 0.157 e. The Morgan fingerprint density at radius 3 is 2.15 bits per heavy atom. The lowest BCUT2D eigenvalue weighted by atomic mass is 10.3. The Hall–Kier alpha value is -0.120. The van der Waals surface area contributed by atoms with E-state index in [1.807, 2.05) is 6.92 Å². The lowest BCUT2D eigenvalue weighted by Gasteiger charge is -2.16. The van der Waals surface area contributed by atoms with Gasteiger partial charge in [-0.1, -0.05) is 20.3 Å². The second-order valence-corrected chi connectivity index (χ2v) is 3.01. The van der Waals surface area contributed by atoms with Gasteiger partial charge in [0.05, 0.1) is 6.61 Å². The number of ether oxygens (including phenoxy) is 2. The Morgan fingerprint density at radius 1 is 1.08 bits per heavy atom. The summed E-state index contributed by atoms with van der Waals surface area (Å²) >= 11 is 0. The van der Waals surface area contributed by atoms with E-state index in [1.165, 1.54) is 0 Å². The number of hydrogen-bond donors (Lipinski definition) is 1. The Balaban J connectivity index is 3.28. The van der Waals surface area contributed by atoms with Gasteiger partial charge in [-0.15, -0.1) is 0 Å². The van der Waals surface area contributed by atoms with Crippen molar-refractivity contribution in [1.82, 2.24) is 0 Å².